The van der Waals surface area contributed by atoms with E-state index in [-0.39, 0.29) is 11.8 Å². The Morgan fingerprint density at radius 3 is 1.53 bits per heavy atom. The molecule has 1 aliphatic rings. The van der Waals surface area contributed by atoms with Crippen LogP contribution < -0.4 is 18.9 Å². The van der Waals surface area contributed by atoms with E-state index in [1.807, 2.05) is 48.6 Å². The predicted molar refractivity (Wildman–Crippen MR) is 127 cm³/mol. The highest BCUT2D eigenvalue weighted by atomic mass is 16.5. The highest BCUT2D eigenvalue weighted by Crippen LogP contribution is 2.35. The number of para-hydroxylation sites is 2. The number of likely N-dealkylation sites (tertiary alicyclic amines) is 1. The zero-order chi connectivity index (χ0) is 23.3. The second kappa shape index (κ2) is 10.4. The van der Waals surface area contributed by atoms with Crippen LogP contribution >= 0.6 is 0 Å². The molecule has 1 fully saturated rings. The number of carbonyl (C=O) groups is 1. The van der Waals surface area contributed by atoms with Gasteiger partial charge in [0.15, 0.2) is 28.8 Å². The number of hydrogen-bond donors (Lipinski definition) is 0. The monoisotopic (exact) mass is 437 g/mol. The molecule has 6 heteroatoms. The zero-order valence-corrected chi connectivity index (χ0v) is 19.6. The van der Waals surface area contributed by atoms with Crippen LogP contribution in [0.15, 0.2) is 47.5 Å². The van der Waals surface area contributed by atoms with Gasteiger partial charge in [-0.3, -0.25) is 9.69 Å². The normalized spacial score (nSPS) is 17.2. The Bertz CT molecular complexity index is 961. The van der Waals surface area contributed by atoms with E-state index < -0.39 is 0 Å². The maximum Gasteiger partial charge on any atom is 0.187 e. The van der Waals surface area contributed by atoms with E-state index in [0.717, 1.165) is 11.1 Å². The van der Waals surface area contributed by atoms with Crippen molar-refractivity contribution in [2.45, 2.75) is 19.9 Å². The summed E-state index contributed by atoms with van der Waals surface area (Å²) < 4.78 is 21.9. The molecular weight excluding hydrogens is 406 g/mol. The second-order valence-electron chi connectivity index (χ2n) is 7.83. The lowest BCUT2D eigenvalue weighted by atomic mass is 9.93. The van der Waals surface area contributed by atoms with Gasteiger partial charge in [0.25, 0.3) is 0 Å². The smallest absolute Gasteiger partial charge is 0.187 e. The van der Waals surface area contributed by atoms with Gasteiger partial charge in [-0.2, -0.15) is 0 Å². The summed E-state index contributed by atoms with van der Waals surface area (Å²) in [6, 6.07) is 11.6. The summed E-state index contributed by atoms with van der Waals surface area (Å²) in [5.74, 6) is 2.48. The first-order valence-electron chi connectivity index (χ1n) is 10.5. The van der Waals surface area contributed by atoms with Crippen LogP contribution in [-0.2, 0) is 4.79 Å². The Balaban J connectivity index is 2.09. The molecule has 0 N–H and O–H groups in total. The first kappa shape index (κ1) is 23.4. The van der Waals surface area contributed by atoms with Crippen molar-refractivity contribution in [3.8, 4) is 23.0 Å². The van der Waals surface area contributed by atoms with E-state index in [1.54, 1.807) is 28.4 Å². The number of methoxy groups -OCH3 is 4. The van der Waals surface area contributed by atoms with Gasteiger partial charge in [0, 0.05) is 41.4 Å². The van der Waals surface area contributed by atoms with Crippen molar-refractivity contribution in [2.75, 3.05) is 41.5 Å². The van der Waals surface area contributed by atoms with Crippen molar-refractivity contribution < 1.29 is 23.7 Å². The minimum Gasteiger partial charge on any atom is -0.493 e. The minimum atomic E-state index is 0.0108. The van der Waals surface area contributed by atoms with E-state index in [9.17, 15) is 4.79 Å². The van der Waals surface area contributed by atoms with Gasteiger partial charge >= 0.3 is 0 Å². The number of benzene rings is 2. The van der Waals surface area contributed by atoms with Gasteiger partial charge in [0.2, 0.25) is 0 Å². The van der Waals surface area contributed by atoms with Crippen LogP contribution in [0.2, 0.25) is 0 Å². The van der Waals surface area contributed by atoms with Crippen LogP contribution in [0, 0.1) is 0 Å². The average Bonchev–Trinajstić information content (AvgIpc) is 2.80. The van der Waals surface area contributed by atoms with Crippen molar-refractivity contribution in [3.05, 3.63) is 58.7 Å². The number of piperidine rings is 1. The molecule has 0 bridgehead atoms. The number of carbonyl (C=O) groups excluding carboxylic acids is 1. The Morgan fingerprint density at radius 2 is 1.19 bits per heavy atom. The van der Waals surface area contributed by atoms with Crippen LogP contribution in [0.1, 0.15) is 25.0 Å². The molecule has 0 amide bonds. The summed E-state index contributed by atoms with van der Waals surface area (Å²) in [5, 5.41) is 0. The maximum absolute atomic E-state index is 13.5. The molecule has 1 saturated heterocycles. The van der Waals surface area contributed by atoms with Gasteiger partial charge in [-0.25, -0.2) is 0 Å². The Morgan fingerprint density at radius 1 is 0.750 bits per heavy atom. The Hall–Kier alpha value is -3.25. The number of nitrogens with zero attached hydrogens (tertiary/aromatic N) is 1. The third-order valence-corrected chi connectivity index (χ3v) is 5.59. The molecular formula is C26H31NO5. The lowest BCUT2D eigenvalue weighted by Gasteiger charge is -2.33. The van der Waals surface area contributed by atoms with E-state index in [1.165, 1.54) is 0 Å². The van der Waals surface area contributed by atoms with E-state index in [2.05, 4.69) is 18.7 Å². The van der Waals surface area contributed by atoms with Crippen LogP contribution in [0.5, 0.6) is 23.0 Å². The Labute approximate surface area is 190 Å². The van der Waals surface area contributed by atoms with Crippen LogP contribution in [0.25, 0.3) is 12.2 Å². The molecule has 1 heterocycles. The van der Waals surface area contributed by atoms with Crippen molar-refractivity contribution in [1.29, 1.82) is 0 Å². The lowest BCUT2D eigenvalue weighted by Crippen LogP contribution is -2.41. The molecule has 170 valence electrons. The zero-order valence-electron chi connectivity index (χ0n) is 19.6. The number of ether oxygens (including phenoxy) is 4. The summed E-state index contributed by atoms with van der Waals surface area (Å²) in [4.78, 5) is 15.8. The number of ketones is 1. The van der Waals surface area contributed by atoms with Gasteiger partial charge in [0.05, 0.1) is 28.4 Å². The standard InChI is InChI=1S/C26H31NO5/c1-17(2)27-15-20(13-18-9-7-11-22(29-3)25(18)31-5)24(28)21(16-27)14-19-10-8-12-23(30-4)26(19)32-6/h7-14,17H,15-16H2,1-6H3/b20-13+,21-14+. The number of Topliss-reactive ketones (excluding diaryl/α,β-unsaturated/α-hetero) is 1. The molecule has 6 nitrogen and oxygen atoms in total. The topological polar surface area (TPSA) is 57.2 Å². The minimum absolute atomic E-state index is 0.0108. The largest absolute Gasteiger partial charge is 0.493 e. The summed E-state index contributed by atoms with van der Waals surface area (Å²) >= 11 is 0. The fourth-order valence-electron chi connectivity index (χ4n) is 3.86. The summed E-state index contributed by atoms with van der Waals surface area (Å²) in [7, 11) is 6.40. The lowest BCUT2D eigenvalue weighted by molar-refractivity contribution is -0.113. The molecule has 2 aromatic rings. The molecule has 3 rings (SSSR count). The van der Waals surface area contributed by atoms with E-state index >= 15 is 0 Å². The molecule has 0 aliphatic carbocycles. The molecule has 1 aliphatic heterocycles. The maximum atomic E-state index is 13.5. The van der Waals surface area contributed by atoms with Gasteiger partial charge in [-0.1, -0.05) is 24.3 Å². The molecule has 2 aromatic carbocycles. The van der Waals surface area contributed by atoms with Crippen molar-refractivity contribution in [2.24, 2.45) is 0 Å². The highest BCUT2D eigenvalue weighted by molar-refractivity contribution is 6.15. The first-order chi connectivity index (χ1) is 15.4. The fraction of sp³-hybridized carbons (Fsp3) is 0.346. The first-order valence-corrected chi connectivity index (χ1v) is 10.5. The third kappa shape index (κ3) is 4.81. The van der Waals surface area contributed by atoms with Gasteiger partial charge in [0.1, 0.15) is 0 Å². The number of rotatable bonds is 7. The molecule has 0 radical (unpaired) electrons. The summed E-state index contributed by atoms with van der Waals surface area (Å²) in [6.45, 7) is 5.37. The molecule has 0 spiro atoms. The van der Waals surface area contributed by atoms with Gasteiger partial charge in [-0.05, 0) is 38.1 Å². The Kier molecular flexibility index (Phi) is 7.59. The van der Waals surface area contributed by atoms with Crippen molar-refractivity contribution >= 4 is 17.9 Å². The van der Waals surface area contributed by atoms with Gasteiger partial charge in [-0.15, -0.1) is 0 Å². The fourth-order valence-corrected chi connectivity index (χ4v) is 3.86. The third-order valence-electron chi connectivity index (χ3n) is 5.59. The van der Waals surface area contributed by atoms with E-state index in [4.69, 9.17) is 18.9 Å². The highest BCUT2D eigenvalue weighted by Gasteiger charge is 2.28. The molecule has 0 aromatic heterocycles. The van der Waals surface area contributed by atoms with E-state index in [0.29, 0.717) is 47.2 Å². The molecule has 32 heavy (non-hydrogen) atoms. The summed E-state index contributed by atoms with van der Waals surface area (Å²) in [6.07, 6.45) is 3.80. The second-order valence-corrected chi connectivity index (χ2v) is 7.83. The number of hydrogen-bond acceptors (Lipinski definition) is 6. The summed E-state index contributed by atoms with van der Waals surface area (Å²) in [5.41, 5.74) is 3.01. The SMILES string of the molecule is COc1cccc(/C=C2\CN(C(C)C)C/C(=C\c3cccc(OC)c3OC)C2=O)c1OC. The quantitative estimate of drug-likeness (QED) is 0.596. The van der Waals surface area contributed by atoms with Crippen molar-refractivity contribution in [3.63, 3.8) is 0 Å². The van der Waals surface area contributed by atoms with Crippen molar-refractivity contribution in [1.82, 2.24) is 4.90 Å². The van der Waals surface area contributed by atoms with Crippen LogP contribution in [0.4, 0.5) is 0 Å². The molecule has 0 atom stereocenters. The molecule has 0 unspecified atom stereocenters. The molecule has 0 saturated carbocycles. The van der Waals surface area contributed by atoms with Gasteiger partial charge < -0.3 is 18.9 Å². The van der Waals surface area contributed by atoms with Crippen LogP contribution in [-0.4, -0.2) is 58.3 Å². The average molecular weight is 438 g/mol. The predicted octanol–water partition coefficient (Wildman–Crippen LogP) is 4.48. The van der Waals surface area contributed by atoms with Crippen LogP contribution in [0.3, 0.4) is 0 Å².